The molecule has 2 aliphatic heterocycles. The topological polar surface area (TPSA) is 228 Å². The lowest BCUT2D eigenvalue weighted by Crippen LogP contribution is -2.65. The van der Waals surface area contributed by atoms with Crippen molar-refractivity contribution >= 4 is 5.91 Å². The Kier molecular flexibility index (Phi) is 43.9. The number of rotatable bonds is 50. The van der Waals surface area contributed by atoms with E-state index in [9.17, 15) is 45.6 Å². The van der Waals surface area contributed by atoms with Crippen molar-refractivity contribution < 1.29 is 64.6 Å². The van der Waals surface area contributed by atoms with Gasteiger partial charge in [-0.3, -0.25) is 4.79 Å². The lowest BCUT2D eigenvalue weighted by molar-refractivity contribution is -0.359. The van der Waals surface area contributed by atoms with E-state index in [-0.39, 0.29) is 18.9 Å². The minimum absolute atomic E-state index is 0.238. The van der Waals surface area contributed by atoms with Gasteiger partial charge in [0.15, 0.2) is 12.6 Å². The van der Waals surface area contributed by atoms with Gasteiger partial charge in [0, 0.05) is 6.42 Å². The summed E-state index contributed by atoms with van der Waals surface area (Å²) in [5.41, 5.74) is 0. The first-order valence-corrected chi connectivity index (χ1v) is 31.1. The summed E-state index contributed by atoms with van der Waals surface area (Å²) in [7, 11) is 0. The van der Waals surface area contributed by atoms with Gasteiger partial charge >= 0.3 is 0 Å². The number of ether oxygens (including phenoxy) is 4. The number of carbonyl (C=O) groups excluding carboxylic acids is 1. The molecule has 9 N–H and O–H groups in total. The van der Waals surface area contributed by atoms with Crippen molar-refractivity contribution in [2.24, 2.45) is 0 Å². The van der Waals surface area contributed by atoms with Crippen LogP contribution in [0.1, 0.15) is 264 Å². The Morgan fingerprint density at radius 2 is 0.840 bits per heavy atom. The van der Waals surface area contributed by atoms with Crippen molar-refractivity contribution in [1.29, 1.82) is 0 Å². The summed E-state index contributed by atoms with van der Waals surface area (Å²) in [5, 5.41) is 87.2. The summed E-state index contributed by atoms with van der Waals surface area (Å²) in [6.07, 6.45) is 39.2. The first-order valence-electron chi connectivity index (χ1n) is 31.1. The van der Waals surface area contributed by atoms with Gasteiger partial charge in [-0.05, 0) is 44.9 Å². The van der Waals surface area contributed by atoms with E-state index in [0.717, 1.165) is 38.5 Å². The summed E-state index contributed by atoms with van der Waals surface area (Å²) >= 11 is 0. The average molecular weight is 1070 g/mol. The van der Waals surface area contributed by atoms with Crippen molar-refractivity contribution in [2.45, 2.75) is 338 Å². The largest absolute Gasteiger partial charge is 0.394 e. The Hall–Kier alpha value is -1.53. The molecular weight excluding hydrogens is 955 g/mol. The fraction of sp³-hybridized carbons (Fsp3) is 0.918. The molecule has 14 nitrogen and oxygen atoms in total. The van der Waals surface area contributed by atoms with Crippen molar-refractivity contribution in [1.82, 2.24) is 5.32 Å². The van der Waals surface area contributed by atoms with Gasteiger partial charge in [0.05, 0.1) is 32.0 Å². The third kappa shape index (κ3) is 33.0. The van der Waals surface area contributed by atoms with Crippen LogP contribution in [0.2, 0.25) is 0 Å². The van der Waals surface area contributed by atoms with Crippen LogP contribution >= 0.6 is 0 Å². The Balaban J connectivity index is 1.76. The zero-order chi connectivity index (χ0) is 54.6. The zero-order valence-electron chi connectivity index (χ0n) is 47.6. The summed E-state index contributed by atoms with van der Waals surface area (Å²) in [4.78, 5) is 13.3. The summed E-state index contributed by atoms with van der Waals surface area (Å²) in [6.45, 7) is 2.83. The molecule has 2 aliphatic rings. The highest BCUT2D eigenvalue weighted by Gasteiger charge is 2.51. The maximum atomic E-state index is 13.3. The summed E-state index contributed by atoms with van der Waals surface area (Å²) in [5.74, 6) is -0.238. The van der Waals surface area contributed by atoms with E-state index >= 15 is 0 Å². The molecule has 2 rings (SSSR count). The van der Waals surface area contributed by atoms with Crippen LogP contribution in [-0.4, -0.2) is 140 Å². The van der Waals surface area contributed by atoms with Gasteiger partial charge in [-0.25, -0.2) is 0 Å². The number of allylic oxidation sites excluding steroid dienone is 3. The summed E-state index contributed by atoms with van der Waals surface area (Å²) < 4.78 is 22.8. The number of carbonyl (C=O) groups is 1. The highest BCUT2D eigenvalue weighted by Crippen LogP contribution is 2.30. The Bertz CT molecular complexity index is 1350. The van der Waals surface area contributed by atoms with Crippen LogP contribution in [-0.2, 0) is 23.7 Å². The van der Waals surface area contributed by atoms with Gasteiger partial charge in [0.2, 0.25) is 5.91 Å². The minimum atomic E-state index is -1.79. The maximum absolute atomic E-state index is 13.3. The van der Waals surface area contributed by atoms with E-state index in [4.69, 9.17) is 18.9 Å². The molecule has 0 radical (unpaired) electrons. The predicted molar refractivity (Wildman–Crippen MR) is 300 cm³/mol. The van der Waals surface area contributed by atoms with Crippen LogP contribution in [0.5, 0.6) is 0 Å². The predicted octanol–water partition coefficient (Wildman–Crippen LogP) is 10.8. The SMILES string of the molecule is CCCCCCCCCC/C=C\CCCCCCCCCCCC(=O)NC(COC1OC(CO)C(OC2OC(CO)C(O)C(O)C2O)C(O)C1O)C(O)/C=C/CCCCCCCCCCCCCCCCCCCC. The molecule has 0 aromatic heterocycles. The molecule has 14 heteroatoms. The number of hydrogen-bond donors (Lipinski definition) is 9. The third-order valence-electron chi connectivity index (χ3n) is 15.4. The van der Waals surface area contributed by atoms with Crippen LogP contribution in [0.15, 0.2) is 24.3 Å². The van der Waals surface area contributed by atoms with Crippen LogP contribution < -0.4 is 5.32 Å². The molecule has 0 aromatic rings. The number of amides is 1. The first kappa shape index (κ1) is 69.6. The molecule has 2 fully saturated rings. The van der Waals surface area contributed by atoms with E-state index in [2.05, 4.69) is 31.3 Å². The molecule has 12 atom stereocenters. The van der Waals surface area contributed by atoms with E-state index in [1.807, 2.05) is 6.08 Å². The molecule has 0 aliphatic carbocycles. The van der Waals surface area contributed by atoms with E-state index in [1.54, 1.807) is 6.08 Å². The second-order valence-corrected chi connectivity index (χ2v) is 22.2. The van der Waals surface area contributed by atoms with Gasteiger partial charge in [-0.15, -0.1) is 0 Å². The molecule has 2 saturated heterocycles. The molecule has 0 bridgehead atoms. The van der Waals surface area contributed by atoms with Crippen LogP contribution in [0, 0.1) is 0 Å². The molecule has 12 unspecified atom stereocenters. The normalized spacial score (nSPS) is 25.1. The van der Waals surface area contributed by atoms with Crippen LogP contribution in [0.4, 0.5) is 0 Å². The van der Waals surface area contributed by atoms with E-state index < -0.39 is 86.8 Å². The van der Waals surface area contributed by atoms with Gasteiger partial charge < -0.3 is 65.1 Å². The third-order valence-corrected chi connectivity index (χ3v) is 15.4. The summed E-state index contributed by atoms with van der Waals surface area (Å²) in [6, 6.07) is -0.914. The van der Waals surface area contributed by atoms with E-state index in [1.165, 1.54) is 199 Å². The number of hydrogen-bond acceptors (Lipinski definition) is 13. The fourth-order valence-electron chi connectivity index (χ4n) is 10.3. The van der Waals surface area contributed by atoms with Gasteiger partial charge in [0.1, 0.15) is 48.8 Å². The minimum Gasteiger partial charge on any atom is -0.394 e. The Morgan fingerprint density at radius 1 is 0.467 bits per heavy atom. The zero-order valence-corrected chi connectivity index (χ0v) is 47.6. The van der Waals surface area contributed by atoms with Crippen molar-refractivity contribution in [3.63, 3.8) is 0 Å². The molecule has 0 aromatic carbocycles. The Morgan fingerprint density at radius 3 is 1.27 bits per heavy atom. The molecule has 0 spiro atoms. The highest BCUT2D eigenvalue weighted by atomic mass is 16.7. The monoisotopic (exact) mass is 1070 g/mol. The van der Waals surface area contributed by atoms with Crippen molar-refractivity contribution in [3.8, 4) is 0 Å². The van der Waals surface area contributed by atoms with Gasteiger partial charge in [-0.2, -0.15) is 0 Å². The van der Waals surface area contributed by atoms with Crippen LogP contribution in [0.3, 0.4) is 0 Å². The number of nitrogens with one attached hydrogen (secondary N) is 1. The second-order valence-electron chi connectivity index (χ2n) is 22.2. The molecule has 2 heterocycles. The lowest BCUT2D eigenvalue weighted by Gasteiger charge is -2.46. The smallest absolute Gasteiger partial charge is 0.220 e. The number of unbranched alkanes of at least 4 members (excludes halogenated alkanes) is 35. The number of aliphatic hydroxyl groups is 8. The molecule has 75 heavy (non-hydrogen) atoms. The van der Waals surface area contributed by atoms with Crippen LogP contribution in [0.25, 0.3) is 0 Å². The van der Waals surface area contributed by atoms with Crippen molar-refractivity contribution in [3.05, 3.63) is 24.3 Å². The molecular formula is C61H115NO13. The quantitative estimate of drug-likeness (QED) is 0.0204. The van der Waals surface area contributed by atoms with Crippen molar-refractivity contribution in [2.75, 3.05) is 19.8 Å². The average Bonchev–Trinajstić information content (AvgIpc) is 3.41. The van der Waals surface area contributed by atoms with Gasteiger partial charge in [-0.1, -0.05) is 237 Å². The fourth-order valence-corrected chi connectivity index (χ4v) is 10.3. The highest BCUT2D eigenvalue weighted by molar-refractivity contribution is 5.76. The maximum Gasteiger partial charge on any atom is 0.220 e. The molecule has 1 amide bonds. The number of aliphatic hydroxyl groups excluding tert-OH is 8. The van der Waals surface area contributed by atoms with E-state index in [0.29, 0.717) is 6.42 Å². The standard InChI is InChI=1S/C61H115NO13/c1-3-5-7-9-11-13-15-17-19-21-23-25-27-29-31-33-35-37-39-41-43-45-53(66)62-49(50(65)44-42-40-38-36-34-32-30-28-26-24-22-20-18-16-14-12-10-8-6-4-2)48-72-60-58(71)56(69)59(52(47-64)74-60)75-61-57(70)55(68)54(67)51(46-63)73-61/h21,23,42,44,49-52,54-61,63-65,67-71H,3-20,22,24-41,43,45-48H2,1-2H3,(H,62,66)/b23-21-,44-42+. The second kappa shape index (κ2) is 47.3. The molecule has 442 valence electrons. The Labute approximate surface area is 456 Å². The lowest BCUT2D eigenvalue weighted by atomic mass is 9.97. The molecule has 0 saturated carbocycles. The van der Waals surface area contributed by atoms with Gasteiger partial charge in [0.25, 0.3) is 0 Å². The first-order chi connectivity index (χ1) is 36.6.